The van der Waals surface area contributed by atoms with Gasteiger partial charge in [0.1, 0.15) is 5.75 Å². The van der Waals surface area contributed by atoms with Crippen LogP contribution in [0.4, 0.5) is 0 Å². The van der Waals surface area contributed by atoms with E-state index in [2.05, 4.69) is 10.1 Å². The summed E-state index contributed by atoms with van der Waals surface area (Å²) < 4.78 is 10.1. The van der Waals surface area contributed by atoms with E-state index in [0.717, 1.165) is 12.2 Å². The van der Waals surface area contributed by atoms with Crippen molar-refractivity contribution in [2.45, 2.75) is 32.7 Å². The van der Waals surface area contributed by atoms with Crippen molar-refractivity contribution in [1.82, 2.24) is 5.32 Å². The predicted octanol–water partition coefficient (Wildman–Crippen LogP) is 2.20. The Labute approximate surface area is 125 Å². The van der Waals surface area contributed by atoms with E-state index in [-0.39, 0.29) is 12.2 Å². The summed E-state index contributed by atoms with van der Waals surface area (Å²) in [6.07, 6.45) is 0.958. The van der Waals surface area contributed by atoms with E-state index in [1.165, 1.54) is 7.11 Å². The molecule has 0 fully saturated rings. The smallest absolute Gasteiger partial charge is 0.307 e. The first-order valence-electron chi connectivity index (χ1n) is 7.19. The molecule has 0 saturated heterocycles. The van der Waals surface area contributed by atoms with E-state index >= 15 is 0 Å². The van der Waals surface area contributed by atoms with Gasteiger partial charge >= 0.3 is 5.97 Å². The second-order valence-electron chi connectivity index (χ2n) is 4.63. The van der Waals surface area contributed by atoms with Crippen molar-refractivity contribution in [1.29, 1.82) is 0 Å². The van der Waals surface area contributed by atoms with E-state index in [0.29, 0.717) is 18.7 Å². The SMILES string of the molecule is CCCOc1ccc(C(=O)C(CC(=O)OC)NCC)cc1. The summed E-state index contributed by atoms with van der Waals surface area (Å²) in [6, 6.07) is 6.41. The van der Waals surface area contributed by atoms with Gasteiger partial charge in [0.05, 0.1) is 26.2 Å². The summed E-state index contributed by atoms with van der Waals surface area (Å²) in [5.41, 5.74) is 0.550. The summed E-state index contributed by atoms with van der Waals surface area (Å²) in [5, 5.41) is 3.01. The monoisotopic (exact) mass is 293 g/mol. The summed E-state index contributed by atoms with van der Waals surface area (Å²) in [4.78, 5) is 23.8. The van der Waals surface area contributed by atoms with Crippen LogP contribution in [0.15, 0.2) is 24.3 Å². The maximum atomic E-state index is 12.4. The van der Waals surface area contributed by atoms with Gasteiger partial charge in [-0.1, -0.05) is 13.8 Å². The summed E-state index contributed by atoms with van der Waals surface area (Å²) in [5.74, 6) is 0.211. The van der Waals surface area contributed by atoms with Crippen LogP contribution in [0.5, 0.6) is 5.75 Å². The van der Waals surface area contributed by atoms with Crippen molar-refractivity contribution in [2.24, 2.45) is 0 Å². The Bertz CT molecular complexity index is 456. The molecule has 1 aromatic rings. The fourth-order valence-electron chi connectivity index (χ4n) is 1.89. The van der Waals surface area contributed by atoms with Gasteiger partial charge in [0.15, 0.2) is 5.78 Å². The molecule has 0 aliphatic heterocycles. The number of carbonyl (C=O) groups is 2. The van der Waals surface area contributed by atoms with Gasteiger partial charge in [0.2, 0.25) is 0 Å². The van der Waals surface area contributed by atoms with Crippen LogP contribution in [-0.2, 0) is 9.53 Å². The second kappa shape index (κ2) is 9.13. The van der Waals surface area contributed by atoms with E-state index in [9.17, 15) is 9.59 Å². The highest BCUT2D eigenvalue weighted by molar-refractivity contribution is 6.01. The highest BCUT2D eigenvalue weighted by Gasteiger charge is 2.22. The van der Waals surface area contributed by atoms with Gasteiger partial charge in [-0.2, -0.15) is 0 Å². The number of hydrogen-bond donors (Lipinski definition) is 1. The molecular formula is C16H23NO4. The molecule has 0 radical (unpaired) electrons. The fraction of sp³-hybridized carbons (Fsp3) is 0.500. The third kappa shape index (κ3) is 5.55. The lowest BCUT2D eigenvalue weighted by atomic mass is 10.0. The van der Waals surface area contributed by atoms with E-state index in [1.807, 2.05) is 13.8 Å². The summed E-state index contributed by atoms with van der Waals surface area (Å²) in [6.45, 7) is 5.17. The lowest BCUT2D eigenvalue weighted by Gasteiger charge is -2.15. The molecule has 0 aliphatic carbocycles. The highest BCUT2D eigenvalue weighted by atomic mass is 16.5. The predicted molar refractivity (Wildman–Crippen MR) is 80.7 cm³/mol. The molecule has 0 spiro atoms. The molecule has 0 aromatic heterocycles. The molecule has 1 atom stereocenters. The Morgan fingerprint density at radius 3 is 2.38 bits per heavy atom. The molecule has 116 valence electrons. The first kappa shape index (κ1) is 17.2. The second-order valence-corrected chi connectivity index (χ2v) is 4.63. The minimum absolute atomic E-state index is 0.0251. The number of rotatable bonds is 9. The van der Waals surface area contributed by atoms with E-state index < -0.39 is 12.0 Å². The number of methoxy groups -OCH3 is 1. The quantitative estimate of drug-likeness (QED) is 0.558. The number of Topliss-reactive ketones (excluding diaryl/α,β-unsaturated/α-hetero) is 1. The average molecular weight is 293 g/mol. The van der Waals surface area contributed by atoms with Crippen LogP contribution in [-0.4, -0.2) is 38.1 Å². The van der Waals surface area contributed by atoms with Crippen molar-refractivity contribution in [3.05, 3.63) is 29.8 Å². The Balaban J connectivity index is 2.75. The fourth-order valence-corrected chi connectivity index (χ4v) is 1.89. The van der Waals surface area contributed by atoms with Crippen LogP contribution in [0.3, 0.4) is 0 Å². The minimum Gasteiger partial charge on any atom is -0.494 e. The Morgan fingerprint density at radius 1 is 1.19 bits per heavy atom. The number of esters is 1. The van der Waals surface area contributed by atoms with Crippen molar-refractivity contribution >= 4 is 11.8 Å². The lowest BCUT2D eigenvalue weighted by molar-refractivity contribution is -0.140. The molecular weight excluding hydrogens is 270 g/mol. The standard InChI is InChI=1S/C16H23NO4/c1-4-10-21-13-8-6-12(7-9-13)16(19)14(17-5-2)11-15(18)20-3/h6-9,14,17H,4-5,10-11H2,1-3H3. The topological polar surface area (TPSA) is 64.6 Å². The van der Waals surface area contributed by atoms with Crippen molar-refractivity contribution in [3.8, 4) is 5.75 Å². The molecule has 0 amide bonds. The van der Waals surface area contributed by atoms with Gasteiger partial charge in [-0.15, -0.1) is 0 Å². The molecule has 21 heavy (non-hydrogen) atoms. The Morgan fingerprint density at radius 2 is 1.86 bits per heavy atom. The zero-order chi connectivity index (χ0) is 15.7. The number of ketones is 1. The van der Waals surface area contributed by atoms with Crippen molar-refractivity contribution in [2.75, 3.05) is 20.3 Å². The Kier molecular flexibility index (Phi) is 7.46. The maximum Gasteiger partial charge on any atom is 0.307 e. The normalized spacial score (nSPS) is 11.8. The van der Waals surface area contributed by atoms with Crippen LogP contribution in [0, 0.1) is 0 Å². The molecule has 0 saturated carbocycles. The van der Waals surface area contributed by atoms with Crippen LogP contribution in [0.1, 0.15) is 37.0 Å². The van der Waals surface area contributed by atoms with Crippen LogP contribution in [0.2, 0.25) is 0 Å². The molecule has 1 rings (SSSR count). The van der Waals surface area contributed by atoms with Gasteiger partial charge in [0.25, 0.3) is 0 Å². The van der Waals surface area contributed by atoms with Crippen molar-refractivity contribution < 1.29 is 19.1 Å². The lowest BCUT2D eigenvalue weighted by Crippen LogP contribution is -2.38. The van der Waals surface area contributed by atoms with Crippen LogP contribution < -0.4 is 10.1 Å². The number of likely N-dealkylation sites (N-methyl/N-ethyl adjacent to an activating group) is 1. The highest BCUT2D eigenvalue weighted by Crippen LogP contribution is 2.15. The van der Waals surface area contributed by atoms with Crippen molar-refractivity contribution in [3.63, 3.8) is 0 Å². The first-order valence-corrected chi connectivity index (χ1v) is 7.19. The summed E-state index contributed by atoms with van der Waals surface area (Å²) in [7, 11) is 1.32. The molecule has 5 heteroatoms. The molecule has 0 bridgehead atoms. The average Bonchev–Trinajstić information content (AvgIpc) is 2.52. The number of carbonyl (C=O) groups excluding carboxylic acids is 2. The van der Waals surface area contributed by atoms with Gasteiger partial charge in [0, 0.05) is 5.56 Å². The van der Waals surface area contributed by atoms with E-state index in [1.54, 1.807) is 24.3 Å². The molecule has 0 aliphatic rings. The first-order chi connectivity index (χ1) is 10.1. The molecule has 1 unspecified atom stereocenters. The largest absolute Gasteiger partial charge is 0.494 e. The molecule has 1 N–H and O–H groups in total. The number of nitrogens with one attached hydrogen (secondary N) is 1. The number of ether oxygens (including phenoxy) is 2. The number of benzene rings is 1. The Hall–Kier alpha value is -1.88. The van der Waals surface area contributed by atoms with Crippen LogP contribution >= 0.6 is 0 Å². The third-order valence-corrected chi connectivity index (χ3v) is 2.98. The van der Waals surface area contributed by atoms with Gasteiger partial charge < -0.3 is 14.8 Å². The zero-order valence-corrected chi connectivity index (χ0v) is 12.8. The molecule has 0 heterocycles. The van der Waals surface area contributed by atoms with E-state index in [4.69, 9.17) is 4.74 Å². The molecule has 1 aromatic carbocycles. The van der Waals surface area contributed by atoms with Gasteiger partial charge in [-0.3, -0.25) is 9.59 Å². The summed E-state index contributed by atoms with van der Waals surface area (Å²) >= 11 is 0. The zero-order valence-electron chi connectivity index (χ0n) is 12.8. The third-order valence-electron chi connectivity index (χ3n) is 2.98. The maximum absolute atomic E-state index is 12.4. The minimum atomic E-state index is -0.565. The van der Waals surface area contributed by atoms with Gasteiger partial charge in [-0.25, -0.2) is 0 Å². The van der Waals surface area contributed by atoms with Gasteiger partial charge in [-0.05, 0) is 37.2 Å². The number of hydrogen-bond acceptors (Lipinski definition) is 5. The molecule has 5 nitrogen and oxygen atoms in total. The van der Waals surface area contributed by atoms with Crippen LogP contribution in [0.25, 0.3) is 0 Å².